The number of hydrogen-bond donors (Lipinski definition) is 0. The molecule has 0 saturated heterocycles. The van der Waals surface area contributed by atoms with Crippen molar-refractivity contribution in [2.75, 3.05) is 13.2 Å². The number of rotatable bonds is 17. The van der Waals surface area contributed by atoms with Gasteiger partial charge in [0.05, 0.1) is 0 Å². The maximum Gasteiger partial charge on any atom is 0.306 e. The van der Waals surface area contributed by atoms with Crippen molar-refractivity contribution in [2.24, 2.45) is 0 Å². The molecule has 0 aliphatic rings. The van der Waals surface area contributed by atoms with Gasteiger partial charge in [0.15, 0.2) is 6.10 Å². The summed E-state index contributed by atoms with van der Waals surface area (Å²) < 4.78 is 15.6. The minimum Gasteiger partial charge on any atom is -0.462 e. The second kappa shape index (κ2) is 18.5. The lowest BCUT2D eigenvalue weighted by Gasteiger charge is -2.18. The van der Waals surface area contributed by atoms with Crippen LogP contribution in [0, 0.1) is 0 Å². The maximum atomic E-state index is 11.9. The third-order valence-electron chi connectivity index (χ3n) is 4.05. The van der Waals surface area contributed by atoms with Crippen LogP contribution in [0.4, 0.5) is 0 Å². The normalized spacial score (nSPS) is 12.0. The van der Waals surface area contributed by atoms with E-state index in [0.717, 1.165) is 32.1 Å². The van der Waals surface area contributed by atoms with Gasteiger partial charge in [0, 0.05) is 19.3 Å². The van der Waals surface area contributed by atoms with Crippen LogP contribution >= 0.6 is 0 Å². The molecule has 0 bridgehead atoms. The molecule has 0 aliphatic heterocycles. The quantitative estimate of drug-likeness (QED) is 0.150. The first-order valence-corrected chi connectivity index (χ1v) is 10.6. The Morgan fingerprint density at radius 3 is 1.89 bits per heavy atom. The van der Waals surface area contributed by atoms with Crippen molar-refractivity contribution >= 4 is 17.9 Å². The molecule has 0 aliphatic carbocycles. The van der Waals surface area contributed by atoms with E-state index in [9.17, 15) is 14.4 Å². The van der Waals surface area contributed by atoms with Crippen LogP contribution in [0.15, 0.2) is 12.2 Å². The predicted octanol–water partition coefficient (Wildman–Crippen LogP) is 4.89. The van der Waals surface area contributed by atoms with Crippen LogP contribution in [0.1, 0.15) is 91.4 Å². The SMILES string of the molecule is CC=CCCCCCCCC(=O)OCC(COC(=O)CCC)OC(=O)CCC. The van der Waals surface area contributed by atoms with Crippen LogP contribution in [-0.2, 0) is 28.6 Å². The van der Waals surface area contributed by atoms with Crippen molar-refractivity contribution < 1.29 is 28.6 Å². The Kier molecular flexibility index (Phi) is 17.3. The van der Waals surface area contributed by atoms with Crippen LogP contribution in [-0.4, -0.2) is 37.2 Å². The van der Waals surface area contributed by atoms with E-state index < -0.39 is 6.10 Å². The van der Waals surface area contributed by atoms with Gasteiger partial charge in [-0.25, -0.2) is 0 Å². The molecule has 0 radical (unpaired) electrons. The number of unbranched alkanes of at least 4 members (excludes halogenated alkanes) is 5. The Bertz CT molecular complexity index is 458. The van der Waals surface area contributed by atoms with Gasteiger partial charge in [-0.2, -0.15) is 0 Å². The van der Waals surface area contributed by atoms with E-state index in [0.29, 0.717) is 25.7 Å². The van der Waals surface area contributed by atoms with Gasteiger partial charge in [-0.15, -0.1) is 0 Å². The third kappa shape index (κ3) is 16.3. The molecule has 0 aromatic heterocycles. The molecule has 0 rings (SSSR count). The molecule has 28 heavy (non-hydrogen) atoms. The fourth-order valence-corrected chi connectivity index (χ4v) is 2.51. The zero-order valence-corrected chi connectivity index (χ0v) is 17.9. The molecule has 1 unspecified atom stereocenters. The van der Waals surface area contributed by atoms with Crippen LogP contribution in [0.2, 0.25) is 0 Å². The lowest BCUT2D eigenvalue weighted by Crippen LogP contribution is -2.30. The molecule has 0 saturated carbocycles. The second-order valence-corrected chi connectivity index (χ2v) is 6.85. The zero-order chi connectivity index (χ0) is 21.0. The Labute approximate surface area is 170 Å². The van der Waals surface area contributed by atoms with E-state index in [1.807, 2.05) is 20.8 Å². The standard InChI is InChI=1S/C22H38O6/c1-4-7-8-9-10-11-12-13-16-21(24)27-18-19(28-22(25)15-6-3)17-26-20(23)14-5-2/h4,7,19H,5-6,8-18H2,1-3H3. The molecule has 6 heteroatoms. The predicted molar refractivity (Wildman–Crippen MR) is 109 cm³/mol. The van der Waals surface area contributed by atoms with Gasteiger partial charge in [0.2, 0.25) is 0 Å². The summed E-state index contributed by atoms with van der Waals surface area (Å²) in [7, 11) is 0. The highest BCUT2D eigenvalue weighted by atomic mass is 16.6. The highest BCUT2D eigenvalue weighted by Crippen LogP contribution is 2.09. The fraction of sp³-hybridized carbons (Fsp3) is 0.773. The summed E-state index contributed by atoms with van der Waals surface area (Å²) in [6.45, 7) is 5.60. The number of carbonyl (C=O) groups is 3. The van der Waals surface area contributed by atoms with Gasteiger partial charge in [0.1, 0.15) is 13.2 Å². The van der Waals surface area contributed by atoms with Crippen LogP contribution in [0.25, 0.3) is 0 Å². The van der Waals surface area contributed by atoms with Crippen molar-refractivity contribution in [3.05, 3.63) is 12.2 Å². The zero-order valence-electron chi connectivity index (χ0n) is 17.9. The van der Waals surface area contributed by atoms with E-state index in [2.05, 4.69) is 12.2 Å². The van der Waals surface area contributed by atoms with Crippen molar-refractivity contribution in [1.29, 1.82) is 0 Å². The highest BCUT2D eigenvalue weighted by Gasteiger charge is 2.18. The number of esters is 3. The van der Waals surface area contributed by atoms with Crippen molar-refractivity contribution in [3.8, 4) is 0 Å². The fourth-order valence-electron chi connectivity index (χ4n) is 2.51. The first-order chi connectivity index (χ1) is 13.5. The van der Waals surface area contributed by atoms with E-state index in [1.54, 1.807) is 0 Å². The Hall–Kier alpha value is -1.85. The van der Waals surface area contributed by atoms with Gasteiger partial charge in [-0.05, 0) is 39.0 Å². The Morgan fingerprint density at radius 2 is 1.29 bits per heavy atom. The maximum absolute atomic E-state index is 11.9. The van der Waals surface area contributed by atoms with Gasteiger partial charge in [-0.3, -0.25) is 14.4 Å². The summed E-state index contributed by atoms with van der Waals surface area (Å²) in [6.07, 6.45) is 12.1. The van der Waals surface area contributed by atoms with Gasteiger partial charge >= 0.3 is 17.9 Å². The van der Waals surface area contributed by atoms with Gasteiger partial charge < -0.3 is 14.2 Å². The Morgan fingerprint density at radius 1 is 0.750 bits per heavy atom. The summed E-state index contributed by atoms with van der Waals surface area (Å²) in [5, 5.41) is 0. The van der Waals surface area contributed by atoms with E-state index >= 15 is 0 Å². The summed E-state index contributed by atoms with van der Waals surface area (Å²) in [6, 6.07) is 0. The average molecular weight is 399 g/mol. The molecule has 0 amide bonds. The molecule has 162 valence electrons. The molecular formula is C22H38O6. The molecule has 0 spiro atoms. The minimum atomic E-state index is -0.754. The molecule has 0 aromatic rings. The van der Waals surface area contributed by atoms with Crippen LogP contribution in [0.3, 0.4) is 0 Å². The Balaban J connectivity index is 4.08. The topological polar surface area (TPSA) is 78.9 Å². The van der Waals surface area contributed by atoms with Crippen LogP contribution < -0.4 is 0 Å². The highest BCUT2D eigenvalue weighted by molar-refractivity contribution is 5.71. The van der Waals surface area contributed by atoms with E-state index in [-0.39, 0.29) is 37.5 Å². The van der Waals surface area contributed by atoms with Crippen molar-refractivity contribution in [3.63, 3.8) is 0 Å². The number of hydrogen-bond acceptors (Lipinski definition) is 6. The summed E-state index contributed by atoms with van der Waals surface area (Å²) in [4.78, 5) is 35.1. The van der Waals surface area contributed by atoms with Gasteiger partial charge in [-0.1, -0.05) is 45.3 Å². The van der Waals surface area contributed by atoms with Crippen molar-refractivity contribution in [1.82, 2.24) is 0 Å². The third-order valence-corrected chi connectivity index (χ3v) is 4.05. The number of ether oxygens (including phenoxy) is 3. The molecule has 0 aromatic carbocycles. The lowest BCUT2D eigenvalue weighted by molar-refractivity contribution is -0.166. The largest absolute Gasteiger partial charge is 0.462 e. The molecule has 0 heterocycles. The molecule has 1 atom stereocenters. The molecule has 0 N–H and O–H groups in total. The molecular weight excluding hydrogens is 360 g/mol. The van der Waals surface area contributed by atoms with Crippen molar-refractivity contribution in [2.45, 2.75) is 97.5 Å². The number of carbonyl (C=O) groups excluding carboxylic acids is 3. The molecule has 6 nitrogen and oxygen atoms in total. The number of allylic oxidation sites excluding steroid dienone is 2. The van der Waals surface area contributed by atoms with E-state index in [4.69, 9.17) is 14.2 Å². The minimum absolute atomic E-state index is 0.0863. The average Bonchev–Trinajstić information content (AvgIpc) is 2.66. The summed E-state index contributed by atoms with van der Waals surface area (Å²) in [5.41, 5.74) is 0. The first-order valence-electron chi connectivity index (χ1n) is 10.6. The van der Waals surface area contributed by atoms with Gasteiger partial charge in [0.25, 0.3) is 0 Å². The smallest absolute Gasteiger partial charge is 0.306 e. The summed E-state index contributed by atoms with van der Waals surface area (Å²) in [5.74, 6) is -1.04. The van der Waals surface area contributed by atoms with Crippen LogP contribution in [0.5, 0.6) is 0 Å². The monoisotopic (exact) mass is 398 g/mol. The first kappa shape index (κ1) is 26.1. The molecule has 0 fully saturated rings. The second-order valence-electron chi connectivity index (χ2n) is 6.85. The lowest BCUT2D eigenvalue weighted by atomic mass is 10.1. The van der Waals surface area contributed by atoms with E-state index in [1.165, 1.54) is 6.42 Å². The summed E-state index contributed by atoms with van der Waals surface area (Å²) >= 11 is 0.